The van der Waals surface area contributed by atoms with Gasteiger partial charge < -0.3 is 10.1 Å². The van der Waals surface area contributed by atoms with Gasteiger partial charge in [-0.05, 0) is 42.8 Å². The van der Waals surface area contributed by atoms with Crippen LogP contribution in [-0.4, -0.2) is 13.0 Å². The van der Waals surface area contributed by atoms with E-state index in [0.29, 0.717) is 28.1 Å². The van der Waals surface area contributed by atoms with Crippen LogP contribution in [0.5, 0.6) is 5.75 Å². The molecule has 0 atom stereocenters. The van der Waals surface area contributed by atoms with Crippen LogP contribution in [0.25, 0.3) is 0 Å². The van der Waals surface area contributed by atoms with E-state index in [9.17, 15) is 9.18 Å². The van der Waals surface area contributed by atoms with Gasteiger partial charge in [-0.1, -0.05) is 6.07 Å². The molecule has 0 fully saturated rings. The summed E-state index contributed by atoms with van der Waals surface area (Å²) in [5, 5.41) is 11.7. The predicted molar refractivity (Wildman–Crippen MR) is 76.8 cm³/mol. The summed E-state index contributed by atoms with van der Waals surface area (Å²) in [5.41, 5.74) is 1.28. The number of hydrogen-bond donors (Lipinski definition) is 1. The Kier molecular flexibility index (Phi) is 4.19. The largest absolute Gasteiger partial charge is 0.495 e. The molecule has 5 heteroatoms. The lowest BCUT2D eigenvalue weighted by atomic mass is 10.1. The molecule has 0 aliphatic heterocycles. The lowest BCUT2D eigenvalue weighted by molar-refractivity contribution is 0.102. The van der Waals surface area contributed by atoms with Crippen LogP contribution in [0.4, 0.5) is 10.1 Å². The Morgan fingerprint density at radius 2 is 2.10 bits per heavy atom. The number of anilines is 1. The van der Waals surface area contributed by atoms with Gasteiger partial charge in [0, 0.05) is 5.56 Å². The third kappa shape index (κ3) is 3.00. The van der Waals surface area contributed by atoms with Crippen LogP contribution in [0.1, 0.15) is 21.5 Å². The van der Waals surface area contributed by atoms with Crippen molar-refractivity contribution in [1.82, 2.24) is 0 Å². The number of carbonyl (C=O) groups is 1. The van der Waals surface area contributed by atoms with Crippen molar-refractivity contribution in [1.29, 1.82) is 5.26 Å². The molecule has 0 bridgehead atoms. The lowest BCUT2D eigenvalue weighted by Gasteiger charge is -2.12. The van der Waals surface area contributed by atoms with Gasteiger partial charge in [-0.3, -0.25) is 4.79 Å². The van der Waals surface area contributed by atoms with E-state index in [1.54, 1.807) is 25.1 Å². The van der Waals surface area contributed by atoms with Gasteiger partial charge in [0.05, 0.1) is 12.7 Å². The molecule has 4 nitrogen and oxygen atoms in total. The fourth-order valence-corrected chi connectivity index (χ4v) is 1.89. The van der Waals surface area contributed by atoms with Gasteiger partial charge in [0.15, 0.2) is 0 Å². The van der Waals surface area contributed by atoms with Gasteiger partial charge in [-0.15, -0.1) is 0 Å². The monoisotopic (exact) mass is 284 g/mol. The average molecular weight is 284 g/mol. The second-order valence-corrected chi connectivity index (χ2v) is 4.41. The third-order valence-electron chi connectivity index (χ3n) is 3.03. The number of carbonyl (C=O) groups excluding carboxylic acids is 1. The maximum absolute atomic E-state index is 13.2. The van der Waals surface area contributed by atoms with Crippen molar-refractivity contribution in [2.75, 3.05) is 12.4 Å². The highest BCUT2D eigenvalue weighted by atomic mass is 19.1. The first kappa shape index (κ1) is 14.5. The van der Waals surface area contributed by atoms with Crippen molar-refractivity contribution < 1.29 is 13.9 Å². The molecule has 1 amide bonds. The van der Waals surface area contributed by atoms with E-state index in [1.807, 2.05) is 6.07 Å². The summed E-state index contributed by atoms with van der Waals surface area (Å²) < 4.78 is 18.4. The zero-order valence-corrected chi connectivity index (χ0v) is 11.6. The number of methoxy groups -OCH3 is 1. The predicted octanol–water partition coefficient (Wildman–Crippen LogP) is 3.27. The van der Waals surface area contributed by atoms with E-state index in [4.69, 9.17) is 10.00 Å². The number of nitriles is 1. The van der Waals surface area contributed by atoms with Crippen LogP contribution >= 0.6 is 0 Å². The molecule has 0 aliphatic carbocycles. The number of rotatable bonds is 3. The molecule has 0 spiro atoms. The van der Waals surface area contributed by atoms with Crippen LogP contribution in [0.2, 0.25) is 0 Å². The fourth-order valence-electron chi connectivity index (χ4n) is 1.89. The summed E-state index contributed by atoms with van der Waals surface area (Å²) in [4.78, 5) is 12.2. The molecular weight excluding hydrogens is 271 g/mol. The molecule has 2 rings (SSSR count). The van der Waals surface area contributed by atoms with Crippen molar-refractivity contribution >= 4 is 11.6 Å². The minimum Gasteiger partial charge on any atom is -0.495 e. The van der Waals surface area contributed by atoms with Crippen molar-refractivity contribution in [2.45, 2.75) is 6.92 Å². The minimum atomic E-state index is -0.431. The van der Waals surface area contributed by atoms with Gasteiger partial charge in [0.2, 0.25) is 0 Å². The van der Waals surface area contributed by atoms with E-state index in [2.05, 4.69) is 5.32 Å². The third-order valence-corrected chi connectivity index (χ3v) is 3.03. The number of benzene rings is 2. The summed E-state index contributed by atoms with van der Waals surface area (Å²) in [6.45, 7) is 1.58. The highest BCUT2D eigenvalue weighted by Crippen LogP contribution is 2.28. The highest BCUT2D eigenvalue weighted by molar-refractivity contribution is 6.05. The van der Waals surface area contributed by atoms with Crippen molar-refractivity contribution in [2.24, 2.45) is 0 Å². The Morgan fingerprint density at radius 1 is 1.33 bits per heavy atom. The molecule has 0 heterocycles. The fraction of sp³-hybridized carbons (Fsp3) is 0.125. The zero-order valence-electron chi connectivity index (χ0n) is 11.6. The minimum absolute atomic E-state index is 0.293. The number of hydrogen-bond acceptors (Lipinski definition) is 3. The van der Waals surface area contributed by atoms with E-state index < -0.39 is 5.91 Å². The molecule has 1 N–H and O–H groups in total. The van der Waals surface area contributed by atoms with Crippen LogP contribution in [0.15, 0.2) is 36.4 Å². The van der Waals surface area contributed by atoms with Crippen molar-refractivity contribution in [3.63, 3.8) is 0 Å². The Balaban J connectivity index is 2.36. The number of ether oxygens (including phenoxy) is 1. The van der Waals surface area contributed by atoms with Gasteiger partial charge >= 0.3 is 0 Å². The molecule has 0 saturated carbocycles. The van der Waals surface area contributed by atoms with E-state index >= 15 is 0 Å². The smallest absolute Gasteiger partial charge is 0.255 e. The van der Waals surface area contributed by atoms with Crippen LogP contribution in [0.3, 0.4) is 0 Å². The zero-order chi connectivity index (χ0) is 15.4. The Labute approximate surface area is 121 Å². The molecule has 0 radical (unpaired) electrons. The molecule has 21 heavy (non-hydrogen) atoms. The number of aryl methyl sites for hydroxylation is 1. The van der Waals surface area contributed by atoms with Crippen LogP contribution < -0.4 is 10.1 Å². The Morgan fingerprint density at radius 3 is 2.71 bits per heavy atom. The number of nitrogens with one attached hydrogen (secondary N) is 1. The first-order valence-corrected chi connectivity index (χ1v) is 6.21. The number of amides is 1. The van der Waals surface area contributed by atoms with Crippen LogP contribution in [-0.2, 0) is 0 Å². The maximum Gasteiger partial charge on any atom is 0.255 e. The first-order valence-electron chi connectivity index (χ1n) is 6.21. The highest BCUT2D eigenvalue weighted by Gasteiger charge is 2.14. The van der Waals surface area contributed by atoms with Gasteiger partial charge in [-0.25, -0.2) is 4.39 Å². The summed E-state index contributed by atoms with van der Waals surface area (Å²) >= 11 is 0. The van der Waals surface area contributed by atoms with Gasteiger partial charge in [0.1, 0.15) is 23.3 Å². The molecule has 2 aromatic rings. The van der Waals surface area contributed by atoms with Crippen LogP contribution in [0, 0.1) is 24.1 Å². The second-order valence-electron chi connectivity index (χ2n) is 4.41. The molecule has 0 unspecified atom stereocenters. The summed E-state index contributed by atoms with van der Waals surface area (Å²) in [6, 6.07) is 10.9. The van der Waals surface area contributed by atoms with E-state index in [-0.39, 0.29) is 5.82 Å². The average Bonchev–Trinajstić information content (AvgIpc) is 2.50. The first-order chi connectivity index (χ1) is 10.1. The van der Waals surface area contributed by atoms with E-state index in [1.165, 1.54) is 25.3 Å². The quantitative estimate of drug-likeness (QED) is 0.941. The SMILES string of the molecule is COc1cccc(C#N)c1NC(=O)c1ccc(F)c(C)c1. The Hall–Kier alpha value is -2.87. The number of para-hydroxylation sites is 1. The summed E-state index contributed by atoms with van der Waals surface area (Å²) in [5.74, 6) is -0.415. The lowest BCUT2D eigenvalue weighted by Crippen LogP contribution is -2.14. The maximum atomic E-state index is 13.2. The molecule has 0 aliphatic rings. The normalized spacial score (nSPS) is 9.81. The van der Waals surface area contributed by atoms with Gasteiger partial charge in [0.25, 0.3) is 5.91 Å². The number of halogens is 1. The topological polar surface area (TPSA) is 62.1 Å². The Bertz CT molecular complexity index is 736. The molecular formula is C16H13FN2O2. The molecule has 0 aromatic heterocycles. The number of nitrogens with zero attached hydrogens (tertiary/aromatic N) is 1. The summed E-state index contributed by atoms with van der Waals surface area (Å²) in [7, 11) is 1.45. The molecule has 2 aromatic carbocycles. The standard InChI is InChI=1S/C16H13FN2O2/c1-10-8-11(6-7-13(10)17)16(20)19-15-12(9-18)4-3-5-14(15)21-2/h3-8H,1-2H3,(H,19,20). The van der Waals surface area contributed by atoms with Crippen molar-refractivity contribution in [3.8, 4) is 11.8 Å². The van der Waals surface area contributed by atoms with Gasteiger partial charge in [-0.2, -0.15) is 5.26 Å². The second kappa shape index (κ2) is 6.06. The molecule has 0 saturated heterocycles. The van der Waals surface area contributed by atoms with Crippen molar-refractivity contribution in [3.05, 3.63) is 58.9 Å². The summed E-state index contributed by atoms with van der Waals surface area (Å²) in [6.07, 6.45) is 0. The molecule has 106 valence electrons. The van der Waals surface area contributed by atoms with E-state index in [0.717, 1.165) is 0 Å².